The lowest BCUT2D eigenvalue weighted by molar-refractivity contribution is -0.120. The maximum Gasteiger partial charge on any atom is 0.220 e. The number of hydrogen-bond donors (Lipinski definition) is 1. The summed E-state index contributed by atoms with van der Waals surface area (Å²) in [5, 5.41) is 2.54. The van der Waals surface area contributed by atoms with Crippen LogP contribution < -0.4 is 5.32 Å². The lowest BCUT2D eigenvalue weighted by Crippen LogP contribution is -2.28. The molecule has 0 bridgehead atoms. The van der Waals surface area contributed by atoms with Crippen molar-refractivity contribution >= 4 is 27.6 Å². The number of nitrogens with one attached hydrogen (secondary N) is 1. The van der Waals surface area contributed by atoms with Crippen LogP contribution in [-0.4, -0.2) is 18.2 Å². The van der Waals surface area contributed by atoms with E-state index in [1.54, 1.807) is 31.2 Å². The van der Waals surface area contributed by atoms with Gasteiger partial charge in [0.2, 0.25) is 5.91 Å². The van der Waals surface area contributed by atoms with Gasteiger partial charge in [0.1, 0.15) is 0 Å². The Kier molecular flexibility index (Phi) is 4.49. The molecule has 1 aromatic carbocycles. The van der Waals surface area contributed by atoms with E-state index in [9.17, 15) is 9.59 Å². The largest absolute Gasteiger partial charge is 0.349 e. The molecule has 0 aliphatic heterocycles. The van der Waals surface area contributed by atoms with Crippen molar-refractivity contribution in [1.29, 1.82) is 0 Å². The summed E-state index contributed by atoms with van der Waals surface area (Å²) in [5.74, 6) is -0.190. The lowest BCUT2D eigenvalue weighted by Gasteiger charge is -2.02. The molecule has 0 atom stereocenters. The first-order valence-corrected chi connectivity index (χ1v) is 5.48. The molecule has 1 amide bonds. The molecule has 0 saturated heterocycles. The van der Waals surface area contributed by atoms with Crippen molar-refractivity contribution in [2.75, 3.05) is 6.54 Å². The van der Waals surface area contributed by atoms with Gasteiger partial charge in [0.15, 0.2) is 5.78 Å². The van der Waals surface area contributed by atoms with Gasteiger partial charge in [-0.2, -0.15) is 0 Å². The Hall–Kier alpha value is -1.16. The van der Waals surface area contributed by atoms with Crippen LogP contribution >= 0.6 is 15.9 Å². The molecule has 3 nitrogen and oxygen atoms in total. The molecule has 15 heavy (non-hydrogen) atoms. The van der Waals surface area contributed by atoms with Gasteiger partial charge >= 0.3 is 0 Å². The Morgan fingerprint density at radius 1 is 1.27 bits per heavy atom. The number of rotatable bonds is 4. The number of halogens is 1. The van der Waals surface area contributed by atoms with Crippen LogP contribution in [0.4, 0.5) is 0 Å². The summed E-state index contributed by atoms with van der Waals surface area (Å²) in [4.78, 5) is 22.5. The highest BCUT2D eigenvalue weighted by molar-refractivity contribution is 9.10. The van der Waals surface area contributed by atoms with Crippen molar-refractivity contribution in [3.63, 3.8) is 0 Å². The number of hydrogen-bond acceptors (Lipinski definition) is 2. The normalized spacial score (nSPS) is 9.73. The fourth-order valence-electron chi connectivity index (χ4n) is 1.04. The van der Waals surface area contributed by atoms with E-state index < -0.39 is 0 Å². The molecule has 0 saturated carbocycles. The number of carbonyl (C=O) groups is 2. The molecule has 0 fully saturated rings. The molecule has 1 rings (SSSR count). The summed E-state index contributed by atoms with van der Waals surface area (Å²) < 4.78 is 0.927. The third-order valence-electron chi connectivity index (χ3n) is 1.93. The zero-order chi connectivity index (χ0) is 11.3. The van der Waals surface area contributed by atoms with Gasteiger partial charge < -0.3 is 5.32 Å². The third kappa shape index (κ3) is 3.83. The average molecular weight is 270 g/mol. The Morgan fingerprint density at radius 3 is 2.40 bits per heavy atom. The minimum absolute atomic E-state index is 0.0638. The Morgan fingerprint density at radius 2 is 1.87 bits per heavy atom. The zero-order valence-corrected chi connectivity index (χ0v) is 10.0. The first-order valence-electron chi connectivity index (χ1n) is 4.69. The smallest absolute Gasteiger partial charge is 0.220 e. The van der Waals surface area contributed by atoms with E-state index in [0.717, 1.165) is 4.47 Å². The minimum atomic E-state index is -0.111. The van der Waals surface area contributed by atoms with E-state index in [1.165, 1.54) is 0 Å². The van der Waals surface area contributed by atoms with Crippen LogP contribution in [0.15, 0.2) is 28.7 Å². The fourth-order valence-corrected chi connectivity index (χ4v) is 1.31. The molecule has 0 unspecified atom stereocenters. The second-order valence-corrected chi connectivity index (χ2v) is 3.98. The summed E-state index contributed by atoms with van der Waals surface area (Å²) in [7, 11) is 0. The SMILES string of the molecule is CCC(=O)NCC(=O)c1ccc(Br)cc1. The van der Waals surface area contributed by atoms with Gasteiger partial charge in [-0.1, -0.05) is 35.0 Å². The molecule has 80 valence electrons. The molecule has 4 heteroatoms. The van der Waals surface area contributed by atoms with E-state index in [1.807, 2.05) is 0 Å². The molecule has 0 heterocycles. The predicted octanol–water partition coefficient (Wildman–Crippen LogP) is 2.16. The highest BCUT2D eigenvalue weighted by Crippen LogP contribution is 2.10. The van der Waals surface area contributed by atoms with Gasteiger partial charge in [-0.3, -0.25) is 9.59 Å². The zero-order valence-electron chi connectivity index (χ0n) is 8.42. The number of Topliss-reactive ketones (excluding diaryl/α,β-unsaturated/α-hetero) is 1. The summed E-state index contributed by atoms with van der Waals surface area (Å²) in [6.07, 6.45) is 0.396. The van der Waals surface area contributed by atoms with Gasteiger partial charge in [-0.15, -0.1) is 0 Å². The van der Waals surface area contributed by atoms with Crippen LogP contribution in [0, 0.1) is 0 Å². The predicted molar refractivity (Wildman–Crippen MR) is 61.8 cm³/mol. The van der Waals surface area contributed by atoms with Crippen molar-refractivity contribution in [3.05, 3.63) is 34.3 Å². The average Bonchev–Trinajstić information content (AvgIpc) is 2.26. The highest BCUT2D eigenvalue weighted by atomic mass is 79.9. The number of ketones is 1. The standard InChI is InChI=1S/C11H12BrNO2/c1-2-11(15)13-7-10(14)8-3-5-9(12)6-4-8/h3-6H,2,7H2,1H3,(H,13,15). The Balaban J connectivity index is 2.54. The van der Waals surface area contributed by atoms with E-state index in [-0.39, 0.29) is 18.2 Å². The third-order valence-corrected chi connectivity index (χ3v) is 2.46. The second-order valence-electron chi connectivity index (χ2n) is 3.06. The van der Waals surface area contributed by atoms with E-state index in [4.69, 9.17) is 0 Å². The van der Waals surface area contributed by atoms with Crippen molar-refractivity contribution in [1.82, 2.24) is 5.32 Å². The molecule has 1 aromatic rings. The van der Waals surface area contributed by atoms with Crippen LogP contribution in [0.5, 0.6) is 0 Å². The lowest BCUT2D eigenvalue weighted by atomic mass is 10.1. The highest BCUT2D eigenvalue weighted by Gasteiger charge is 2.06. The van der Waals surface area contributed by atoms with Crippen LogP contribution in [0.1, 0.15) is 23.7 Å². The molecule has 1 N–H and O–H groups in total. The second kappa shape index (κ2) is 5.66. The topological polar surface area (TPSA) is 46.2 Å². The molecule has 0 aromatic heterocycles. The quantitative estimate of drug-likeness (QED) is 0.852. The maximum atomic E-state index is 11.5. The van der Waals surface area contributed by atoms with Gasteiger partial charge in [0.05, 0.1) is 6.54 Å². The Bertz CT molecular complexity index is 359. The molecule has 0 aliphatic carbocycles. The van der Waals surface area contributed by atoms with Gasteiger partial charge in [-0.25, -0.2) is 0 Å². The van der Waals surface area contributed by atoms with Crippen LogP contribution in [0.3, 0.4) is 0 Å². The van der Waals surface area contributed by atoms with Crippen molar-refractivity contribution < 1.29 is 9.59 Å². The minimum Gasteiger partial charge on any atom is -0.349 e. The number of carbonyl (C=O) groups excluding carboxylic acids is 2. The first-order chi connectivity index (χ1) is 7.13. The molecule has 0 spiro atoms. The molecule has 0 aliphatic rings. The molecular weight excluding hydrogens is 258 g/mol. The maximum absolute atomic E-state index is 11.5. The molecule has 0 radical (unpaired) electrons. The number of amides is 1. The van der Waals surface area contributed by atoms with E-state index in [0.29, 0.717) is 12.0 Å². The summed E-state index contributed by atoms with van der Waals surface area (Å²) in [6.45, 7) is 1.81. The monoisotopic (exact) mass is 269 g/mol. The summed E-state index contributed by atoms with van der Waals surface area (Å²) in [5.41, 5.74) is 0.606. The summed E-state index contributed by atoms with van der Waals surface area (Å²) in [6, 6.07) is 7.05. The van der Waals surface area contributed by atoms with E-state index >= 15 is 0 Å². The molecular formula is C11H12BrNO2. The van der Waals surface area contributed by atoms with E-state index in [2.05, 4.69) is 21.2 Å². The summed E-state index contributed by atoms with van der Waals surface area (Å²) >= 11 is 3.29. The van der Waals surface area contributed by atoms with Crippen molar-refractivity contribution in [2.24, 2.45) is 0 Å². The number of benzene rings is 1. The first kappa shape index (κ1) is 11.9. The fraction of sp³-hybridized carbons (Fsp3) is 0.273. The Labute approximate surface area is 97.0 Å². The van der Waals surface area contributed by atoms with Crippen molar-refractivity contribution in [3.8, 4) is 0 Å². The van der Waals surface area contributed by atoms with Gasteiger partial charge in [-0.05, 0) is 12.1 Å². The van der Waals surface area contributed by atoms with Gasteiger partial charge in [0, 0.05) is 16.5 Å². The van der Waals surface area contributed by atoms with Crippen LogP contribution in [0.25, 0.3) is 0 Å². The van der Waals surface area contributed by atoms with Crippen LogP contribution in [0.2, 0.25) is 0 Å². The van der Waals surface area contributed by atoms with Crippen LogP contribution in [-0.2, 0) is 4.79 Å². The van der Waals surface area contributed by atoms with Gasteiger partial charge in [0.25, 0.3) is 0 Å². The van der Waals surface area contributed by atoms with Crippen molar-refractivity contribution in [2.45, 2.75) is 13.3 Å².